The summed E-state index contributed by atoms with van der Waals surface area (Å²) in [6.07, 6.45) is 4.39. The molecule has 1 heterocycles. The van der Waals surface area contributed by atoms with Crippen molar-refractivity contribution in [3.8, 4) is 23.5 Å². The topological polar surface area (TPSA) is 116 Å². The Bertz CT molecular complexity index is 1090. The Hall–Kier alpha value is -3.83. The molecule has 2 amide bonds. The van der Waals surface area contributed by atoms with Gasteiger partial charge in [0.25, 0.3) is 0 Å². The summed E-state index contributed by atoms with van der Waals surface area (Å²) in [5.41, 5.74) is 2.32. The molecule has 33 heavy (non-hydrogen) atoms. The van der Waals surface area contributed by atoms with Gasteiger partial charge in [0.1, 0.15) is 12.6 Å². The molecular formula is C25H24N2O6. The maximum Gasteiger partial charge on any atom is 0.407 e. The van der Waals surface area contributed by atoms with E-state index in [0.717, 1.165) is 22.3 Å². The highest BCUT2D eigenvalue weighted by molar-refractivity contribution is 5.88. The third-order valence-electron chi connectivity index (χ3n) is 6.21. The van der Waals surface area contributed by atoms with E-state index in [0.29, 0.717) is 0 Å². The second-order valence-electron chi connectivity index (χ2n) is 8.28. The second kappa shape index (κ2) is 8.96. The van der Waals surface area contributed by atoms with Crippen LogP contribution in [0.5, 0.6) is 0 Å². The number of ether oxygens (including phenoxy) is 1. The van der Waals surface area contributed by atoms with Crippen molar-refractivity contribution in [3.05, 3.63) is 59.7 Å². The molecule has 0 radical (unpaired) electrons. The molecule has 1 fully saturated rings. The molecule has 2 unspecified atom stereocenters. The van der Waals surface area contributed by atoms with Gasteiger partial charge in [-0.15, -0.1) is 12.3 Å². The number of rotatable bonds is 6. The number of carbonyl (C=O) groups is 3. The van der Waals surface area contributed by atoms with E-state index >= 15 is 0 Å². The summed E-state index contributed by atoms with van der Waals surface area (Å²) in [4.78, 5) is 37.8. The Kier molecular flexibility index (Phi) is 6.07. The van der Waals surface area contributed by atoms with Crippen LogP contribution in [-0.4, -0.2) is 64.4 Å². The molecular weight excluding hydrogens is 424 g/mol. The van der Waals surface area contributed by atoms with Gasteiger partial charge in [0.2, 0.25) is 5.91 Å². The summed E-state index contributed by atoms with van der Waals surface area (Å²) in [7, 11) is 0. The average Bonchev–Trinajstić information content (AvgIpc) is 3.36. The Labute approximate surface area is 191 Å². The van der Waals surface area contributed by atoms with Crippen molar-refractivity contribution in [2.75, 3.05) is 19.7 Å². The molecule has 0 bridgehead atoms. The minimum Gasteiger partial charge on any atom is -0.479 e. The zero-order valence-electron chi connectivity index (χ0n) is 17.9. The smallest absolute Gasteiger partial charge is 0.407 e. The number of β-amino-alcohol motifs (C(OH)–C–C–N with tert-alkyl or cyclic N) is 1. The fraction of sp³-hybridized carbons (Fsp3) is 0.320. The molecule has 1 saturated heterocycles. The van der Waals surface area contributed by atoms with Crippen LogP contribution in [0, 0.1) is 12.3 Å². The molecule has 2 aromatic carbocycles. The van der Waals surface area contributed by atoms with Gasteiger partial charge in [0.15, 0.2) is 5.60 Å². The highest BCUT2D eigenvalue weighted by Gasteiger charge is 2.45. The van der Waals surface area contributed by atoms with Crippen molar-refractivity contribution in [1.29, 1.82) is 0 Å². The van der Waals surface area contributed by atoms with Crippen LogP contribution in [0.15, 0.2) is 48.5 Å². The zero-order chi connectivity index (χ0) is 23.6. The standard InChI is InChI=1S/C25H24N2O6/c1-2-7-21(22(28)27-13-12-25(32,15-27)23(29)30)26-24(31)33-14-20-18-10-5-3-8-16(18)17-9-4-6-11-19(17)20/h1,3-6,8-11,20-21,32H,7,12-15H2,(H,26,31)(H,29,30). The second-order valence-corrected chi connectivity index (χ2v) is 8.28. The van der Waals surface area contributed by atoms with Crippen LogP contribution in [0.1, 0.15) is 29.9 Å². The Morgan fingerprint density at radius 3 is 2.30 bits per heavy atom. The maximum atomic E-state index is 12.8. The molecule has 8 heteroatoms. The normalized spacial score (nSPS) is 19.8. The number of hydrogen-bond acceptors (Lipinski definition) is 5. The summed E-state index contributed by atoms with van der Waals surface area (Å²) in [6, 6.07) is 14.8. The number of likely N-dealkylation sites (tertiary alicyclic amines) is 1. The molecule has 0 aromatic heterocycles. The molecule has 8 nitrogen and oxygen atoms in total. The van der Waals surface area contributed by atoms with Crippen molar-refractivity contribution in [1.82, 2.24) is 10.2 Å². The van der Waals surface area contributed by atoms with Gasteiger partial charge in [0, 0.05) is 25.3 Å². The van der Waals surface area contributed by atoms with Crippen molar-refractivity contribution in [2.45, 2.75) is 30.4 Å². The lowest BCUT2D eigenvalue weighted by Crippen LogP contribution is -2.50. The quantitative estimate of drug-likeness (QED) is 0.582. The summed E-state index contributed by atoms with van der Waals surface area (Å²) >= 11 is 0. The average molecular weight is 448 g/mol. The third kappa shape index (κ3) is 4.28. The Morgan fingerprint density at radius 1 is 1.15 bits per heavy atom. The van der Waals surface area contributed by atoms with Crippen LogP contribution in [0.25, 0.3) is 11.1 Å². The van der Waals surface area contributed by atoms with Gasteiger partial charge in [0.05, 0.1) is 6.54 Å². The predicted molar refractivity (Wildman–Crippen MR) is 119 cm³/mol. The fourth-order valence-corrected chi connectivity index (χ4v) is 4.48. The van der Waals surface area contributed by atoms with E-state index in [2.05, 4.69) is 11.2 Å². The molecule has 0 spiro atoms. The number of alkyl carbamates (subject to hydrolysis) is 1. The number of fused-ring (bicyclic) bond motifs is 3. The SMILES string of the molecule is C#CCC(NC(=O)OCC1c2ccccc2-c2ccccc21)C(=O)N1CCC(O)(C(=O)O)C1. The number of carboxylic acids is 1. The number of carbonyl (C=O) groups excluding carboxylic acids is 2. The van der Waals surface area contributed by atoms with E-state index < -0.39 is 29.6 Å². The summed E-state index contributed by atoms with van der Waals surface area (Å²) in [6.45, 7) is -0.233. The first-order chi connectivity index (χ1) is 15.8. The molecule has 1 aliphatic heterocycles. The molecule has 170 valence electrons. The summed E-state index contributed by atoms with van der Waals surface area (Å²) in [5, 5.41) is 21.8. The minimum absolute atomic E-state index is 0.0507. The summed E-state index contributed by atoms with van der Waals surface area (Å²) < 4.78 is 5.48. The highest BCUT2D eigenvalue weighted by atomic mass is 16.5. The number of carboxylic acid groups (broad SMARTS) is 1. The Balaban J connectivity index is 1.41. The number of benzene rings is 2. The van der Waals surface area contributed by atoms with Crippen LogP contribution in [0.2, 0.25) is 0 Å². The molecule has 2 aliphatic rings. The largest absolute Gasteiger partial charge is 0.479 e. The number of terminal acetylenes is 1. The van der Waals surface area contributed by atoms with Crippen LogP contribution in [0.4, 0.5) is 4.79 Å². The maximum absolute atomic E-state index is 12.8. The van der Waals surface area contributed by atoms with Gasteiger partial charge in [-0.3, -0.25) is 4.79 Å². The van der Waals surface area contributed by atoms with Crippen LogP contribution in [0.3, 0.4) is 0 Å². The lowest BCUT2D eigenvalue weighted by molar-refractivity contribution is -0.157. The van der Waals surface area contributed by atoms with Crippen LogP contribution < -0.4 is 5.32 Å². The van der Waals surface area contributed by atoms with Crippen molar-refractivity contribution in [2.24, 2.45) is 0 Å². The van der Waals surface area contributed by atoms with Crippen LogP contribution in [-0.2, 0) is 14.3 Å². The molecule has 0 saturated carbocycles. The first-order valence-corrected chi connectivity index (χ1v) is 10.6. The first kappa shape index (κ1) is 22.4. The van der Waals surface area contributed by atoms with Gasteiger partial charge < -0.3 is 25.2 Å². The van der Waals surface area contributed by atoms with Gasteiger partial charge in [-0.05, 0) is 22.3 Å². The molecule has 1 aliphatic carbocycles. The van der Waals surface area contributed by atoms with E-state index in [1.165, 1.54) is 4.90 Å². The lowest BCUT2D eigenvalue weighted by Gasteiger charge is -2.24. The minimum atomic E-state index is -2.00. The zero-order valence-corrected chi connectivity index (χ0v) is 17.9. The summed E-state index contributed by atoms with van der Waals surface area (Å²) in [5.74, 6) is 0.268. The highest BCUT2D eigenvalue weighted by Crippen LogP contribution is 2.44. The molecule has 2 aromatic rings. The Morgan fingerprint density at radius 2 is 1.76 bits per heavy atom. The number of aliphatic carboxylic acids is 1. The van der Waals surface area contributed by atoms with E-state index in [1.54, 1.807) is 0 Å². The monoisotopic (exact) mass is 448 g/mol. The van der Waals surface area contributed by atoms with Gasteiger partial charge in [-0.2, -0.15) is 0 Å². The van der Waals surface area contributed by atoms with Crippen LogP contribution >= 0.6 is 0 Å². The van der Waals surface area contributed by atoms with Crippen molar-refractivity contribution < 1.29 is 29.3 Å². The number of nitrogens with one attached hydrogen (secondary N) is 1. The van der Waals surface area contributed by atoms with Gasteiger partial charge in [-0.1, -0.05) is 48.5 Å². The predicted octanol–water partition coefficient (Wildman–Crippen LogP) is 1.96. The van der Waals surface area contributed by atoms with Crippen molar-refractivity contribution >= 4 is 18.0 Å². The van der Waals surface area contributed by atoms with Gasteiger partial charge >= 0.3 is 12.1 Å². The number of aliphatic hydroxyl groups is 1. The van der Waals surface area contributed by atoms with E-state index in [9.17, 15) is 19.5 Å². The lowest BCUT2D eigenvalue weighted by atomic mass is 9.98. The third-order valence-corrected chi connectivity index (χ3v) is 6.21. The fourth-order valence-electron chi connectivity index (χ4n) is 4.48. The van der Waals surface area contributed by atoms with E-state index in [4.69, 9.17) is 16.3 Å². The van der Waals surface area contributed by atoms with E-state index in [1.807, 2.05) is 48.5 Å². The number of hydrogen-bond donors (Lipinski definition) is 3. The van der Waals surface area contributed by atoms with Gasteiger partial charge in [-0.25, -0.2) is 9.59 Å². The van der Waals surface area contributed by atoms with E-state index in [-0.39, 0.29) is 38.5 Å². The first-order valence-electron chi connectivity index (χ1n) is 10.6. The molecule has 3 N–H and O–H groups in total. The molecule has 2 atom stereocenters. The molecule has 4 rings (SSSR count). The number of amides is 2. The van der Waals surface area contributed by atoms with Crippen molar-refractivity contribution in [3.63, 3.8) is 0 Å². The number of nitrogens with zero attached hydrogens (tertiary/aromatic N) is 1.